The Kier molecular flexibility index (Phi) is 7.12. The van der Waals surface area contributed by atoms with Crippen LogP contribution in [0.25, 0.3) is 33.3 Å². The van der Waals surface area contributed by atoms with Crippen LogP contribution < -0.4 is 0 Å². The van der Waals surface area contributed by atoms with E-state index in [-0.39, 0.29) is 6.61 Å². The Balaban J connectivity index is 1.79. The topological polar surface area (TPSA) is 86.5 Å². The molecule has 0 saturated carbocycles. The Labute approximate surface area is 205 Å². The van der Waals surface area contributed by atoms with Crippen molar-refractivity contribution < 1.29 is 15.0 Å². The van der Waals surface area contributed by atoms with Crippen molar-refractivity contribution >= 4 is 17.0 Å². The van der Waals surface area contributed by atoms with Crippen molar-refractivity contribution in [3.8, 4) is 22.4 Å². The summed E-state index contributed by atoms with van der Waals surface area (Å²) in [6.07, 6.45) is 2.17. The summed E-state index contributed by atoms with van der Waals surface area (Å²) in [6.45, 7) is 6.12. The fourth-order valence-corrected chi connectivity index (χ4v) is 4.20. The van der Waals surface area contributed by atoms with Gasteiger partial charge in [0.05, 0.1) is 11.2 Å². The van der Waals surface area contributed by atoms with Crippen molar-refractivity contribution in [1.82, 2.24) is 14.9 Å². The van der Waals surface area contributed by atoms with Gasteiger partial charge in [-0.05, 0) is 56.9 Å². The largest absolute Gasteiger partial charge is 0.465 e. The molecule has 0 aliphatic heterocycles. The van der Waals surface area contributed by atoms with E-state index < -0.39 is 11.6 Å². The van der Waals surface area contributed by atoms with Crippen LogP contribution in [0.15, 0.2) is 72.9 Å². The van der Waals surface area contributed by atoms with Gasteiger partial charge in [0.2, 0.25) is 0 Å². The number of aromatic nitrogens is 2. The number of carboxylic acid groups (broad SMARTS) is 1. The summed E-state index contributed by atoms with van der Waals surface area (Å²) in [5, 5.41) is 19.9. The van der Waals surface area contributed by atoms with Crippen LogP contribution in [0.3, 0.4) is 0 Å². The number of nitrogens with zero attached hydrogens (tertiary/aromatic N) is 3. The van der Waals surface area contributed by atoms with E-state index in [1.807, 2.05) is 69.3 Å². The Morgan fingerprint density at radius 2 is 1.69 bits per heavy atom. The summed E-state index contributed by atoms with van der Waals surface area (Å²) < 4.78 is 0. The van der Waals surface area contributed by atoms with Gasteiger partial charge in [-0.25, -0.2) is 9.78 Å². The van der Waals surface area contributed by atoms with Gasteiger partial charge in [0.25, 0.3) is 0 Å². The molecule has 6 heteroatoms. The molecule has 0 unspecified atom stereocenters. The number of hydrogen-bond donors (Lipinski definition) is 2. The lowest BCUT2D eigenvalue weighted by Gasteiger charge is -2.33. The van der Waals surface area contributed by atoms with Gasteiger partial charge in [-0.1, -0.05) is 54.6 Å². The van der Waals surface area contributed by atoms with Gasteiger partial charge < -0.3 is 10.2 Å². The van der Waals surface area contributed by atoms with Crippen LogP contribution >= 0.6 is 0 Å². The second-order valence-electron chi connectivity index (χ2n) is 9.64. The molecule has 0 fully saturated rings. The maximum absolute atomic E-state index is 11.8. The van der Waals surface area contributed by atoms with Gasteiger partial charge in [0, 0.05) is 47.1 Å². The smallest absolute Gasteiger partial charge is 0.408 e. The molecule has 2 aromatic carbocycles. The maximum Gasteiger partial charge on any atom is 0.408 e. The van der Waals surface area contributed by atoms with Crippen molar-refractivity contribution in [3.63, 3.8) is 0 Å². The fourth-order valence-electron chi connectivity index (χ4n) is 4.20. The third-order valence-electron chi connectivity index (χ3n) is 6.09. The average Bonchev–Trinajstić information content (AvgIpc) is 2.85. The molecule has 0 aliphatic carbocycles. The zero-order chi connectivity index (χ0) is 25.0. The van der Waals surface area contributed by atoms with Crippen molar-refractivity contribution in [1.29, 1.82) is 0 Å². The van der Waals surface area contributed by atoms with Crippen LogP contribution in [0.1, 0.15) is 38.4 Å². The van der Waals surface area contributed by atoms with Crippen LogP contribution in [0.2, 0.25) is 0 Å². The van der Waals surface area contributed by atoms with Gasteiger partial charge in [-0.15, -0.1) is 0 Å². The summed E-state index contributed by atoms with van der Waals surface area (Å²) >= 11 is 0. The average molecular weight is 470 g/mol. The first kappa shape index (κ1) is 24.4. The van der Waals surface area contributed by atoms with Crippen LogP contribution in [0, 0.1) is 0 Å². The van der Waals surface area contributed by atoms with E-state index in [4.69, 9.17) is 4.98 Å². The van der Waals surface area contributed by atoms with E-state index in [1.165, 1.54) is 4.90 Å². The summed E-state index contributed by atoms with van der Waals surface area (Å²) in [6, 6.07) is 22.2. The molecule has 6 nitrogen and oxygen atoms in total. The summed E-state index contributed by atoms with van der Waals surface area (Å²) in [4.78, 5) is 22.8. The molecule has 180 valence electrons. The number of amides is 1. The summed E-state index contributed by atoms with van der Waals surface area (Å²) in [5.41, 5.74) is 6.10. The third kappa shape index (κ3) is 5.49. The lowest BCUT2D eigenvalue weighted by molar-refractivity contribution is 0.0955. The minimum Gasteiger partial charge on any atom is -0.465 e. The highest BCUT2D eigenvalue weighted by molar-refractivity contribution is 5.92. The Bertz CT molecular complexity index is 1310. The number of carbonyl (C=O) groups is 1. The molecule has 0 atom stereocenters. The lowest BCUT2D eigenvalue weighted by Crippen LogP contribution is -2.44. The van der Waals surface area contributed by atoms with Crippen LogP contribution in [0.4, 0.5) is 4.79 Å². The van der Waals surface area contributed by atoms with Crippen molar-refractivity contribution in [2.24, 2.45) is 0 Å². The highest BCUT2D eigenvalue weighted by Crippen LogP contribution is 2.34. The number of aliphatic hydroxyl groups is 1. The molecule has 0 spiro atoms. The molecular formula is C29H31N3O3. The first-order valence-electron chi connectivity index (χ1n) is 11.8. The molecule has 4 aromatic rings. The van der Waals surface area contributed by atoms with Gasteiger partial charge in [-0.3, -0.25) is 9.88 Å². The molecule has 4 rings (SSSR count). The third-order valence-corrected chi connectivity index (χ3v) is 6.09. The number of hydrogen-bond acceptors (Lipinski definition) is 4. The Morgan fingerprint density at radius 1 is 0.971 bits per heavy atom. The molecule has 0 radical (unpaired) electrons. The molecule has 0 saturated heterocycles. The predicted molar refractivity (Wildman–Crippen MR) is 139 cm³/mol. The molecule has 0 aliphatic rings. The summed E-state index contributed by atoms with van der Waals surface area (Å²) in [5.74, 6) is 0. The quantitative estimate of drug-likeness (QED) is 0.338. The van der Waals surface area contributed by atoms with E-state index in [2.05, 4.69) is 23.2 Å². The molecule has 2 heterocycles. The van der Waals surface area contributed by atoms with Crippen molar-refractivity contribution in [2.75, 3.05) is 6.61 Å². The zero-order valence-electron chi connectivity index (χ0n) is 20.4. The van der Waals surface area contributed by atoms with Gasteiger partial charge >= 0.3 is 6.09 Å². The number of rotatable bonds is 7. The van der Waals surface area contributed by atoms with E-state index in [0.717, 1.165) is 44.5 Å². The normalized spacial score (nSPS) is 11.5. The SMILES string of the molecule is CC(C)(C)N(Cc1ccc(-c2nc3ccnc(CCCO)c3cc2-c2ccccc2)cc1)C(=O)O. The van der Waals surface area contributed by atoms with Crippen LogP contribution in [-0.2, 0) is 13.0 Å². The predicted octanol–water partition coefficient (Wildman–Crippen LogP) is 6.17. The highest BCUT2D eigenvalue weighted by atomic mass is 16.4. The van der Waals surface area contributed by atoms with Gasteiger partial charge in [-0.2, -0.15) is 0 Å². The van der Waals surface area contributed by atoms with Crippen LogP contribution in [0.5, 0.6) is 0 Å². The van der Waals surface area contributed by atoms with Gasteiger partial charge in [0.1, 0.15) is 0 Å². The minimum absolute atomic E-state index is 0.121. The number of aryl methyl sites for hydroxylation is 1. The highest BCUT2D eigenvalue weighted by Gasteiger charge is 2.26. The number of aliphatic hydroxyl groups excluding tert-OH is 1. The molecular weight excluding hydrogens is 438 g/mol. The van der Waals surface area contributed by atoms with E-state index >= 15 is 0 Å². The first-order valence-corrected chi connectivity index (χ1v) is 11.8. The molecule has 2 aromatic heterocycles. The van der Waals surface area contributed by atoms with Crippen molar-refractivity contribution in [2.45, 2.75) is 45.7 Å². The second kappa shape index (κ2) is 10.2. The Hall–Kier alpha value is -3.77. The molecule has 1 amide bonds. The van der Waals surface area contributed by atoms with E-state index in [9.17, 15) is 15.0 Å². The minimum atomic E-state index is -0.935. The first-order chi connectivity index (χ1) is 16.8. The van der Waals surface area contributed by atoms with E-state index in [1.54, 1.807) is 6.20 Å². The second-order valence-corrected chi connectivity index (χ2v) is 9.64. The standard InChI is InChI=1S/C29H31N3O3/c1-29(2,3)32(28(34)35)19-20-11-13-22(14-12-20)27-23(21-8-5-4-6-9-21)18-24-25(10-7-17-33)30-16-15-26(24)31-27/h4-6,8-9,11-16,18,33H,7,10,17,19H2,1-3H3,(H,34,35). The Morgan fingerprint density at radius 3 is 2.31 bits per heavy atom. The monoisotopic (exact) mass is 469 g/mol. The van der Waals surface area contributed by atoms with Gasteiger partial charge in [0.15, 0.2) is 0 Å². The molecule has 0 bridgehead atoms. The number of fused-ring (bicyclic) bond motifs is 1. The maximum atomic E-state index is 11.8. The fraction of sp³-hybridized carbons (Fsp3) is 0.276. The summed E-state index contributed by atoms with van der Waals surface area (Å²) in [7, 11) is 0. The number of pyridine rings is 2. The zero-order valence-corrected chi connectivity index (χ0v) is 20.4. The molecule has 35 heavy (non-hydrogen) atoms. The molecule has 2 N–H and O–H groups in total. The van der Waals surface area contributed by atoms with E-state index in [0.29, 0.717) is 19.4 Å². The van der Waals surface area contributed by atoms with Crippen molar-refractivity contribution in [3.05, 3.63) is 84.2 Å². The van der Waals surface area contributed by atoms with Crippen LogP contribution in [-0.4, -0.2) is 43.3 Å². The number of benzene rings is 2. The lowest BCUT2D eigenvalue weighted by atomic mass is 9.96.